The number of nitrogens with zero attached hydrogens (tertiary/aromatic N) is 1. The number of phenolic OH excluding ortho intramolecular Hbond substituents is 1. The number of hydrogen-bond acceptors (Lipinski definition) is 4. The summed E-state index contributed by atoms with van der Waals surface area (Å²) in [7, 11) is 3.76. The van der Waals surface area contributed by atoms with E-state index in [4.69, 9.17) is 5.11 Å². The van der Waals surface area contributed by atoms with E-state index in [9.17, 15) is 5.11 Å². The van der Waals surface area contributed by atoms with Crippen LogP contribution in [0.1, 0.15) is 25.5 Å². The lowest BCUT2D eigenvalue weighted by Crippen LogP contribution is -2.31. The third kappa shape index (κ3) is 3.11. The minimum absolute atomic E-state index is 0.0296. The monoisotopic (exact) mass is 238 g/mol. The molecule has 0 aliphatic heterocycles. The number of anilines is 1. The molecule has 0 radical (unpaired) electrons. The van der Waals surface area contributed by atoms with Crippen molar-refractivity contribution in [2.75, 3.05) is 25.6 Å². The number of rotatable bonds is 5. The largest absolute Gasteiger partial charge is 0.508 e. The van der Waals surface area contributed by atoms with Crippen LogP contribution in [0.3, 0.4) is 0 Å². The Kier molecular flexibility index (Phi) is 4.78. The maximum atomic E-state index is 9.97. The SMILES string of the molecule is CNC(C)c1ccc(N(C)C(C)CO)cc1O. The average molecular weight is 238 g/mol. The van der Waals surface area contributed by atoms with Crippen molar-refractivity contribution in [1.82, 2.24) is 5.32 Å². The van der Waals surface area contributed by atoms with E-state index < -0.39 is 0 Å². The number of aliphatic hydroxyl groups is 1. The summed E-state index contributed by atoms with van der Waals surface area (Å²) in [5.41, 5.74) is 1.78. The Hall–Kier alpha value is -1.26. The van der Waals surface area contributed by atoms with Gasteiger partial charge in [0.2, 0.25) is 0 Å². The second-order valence-corrected chi connectivity index (χ2v) is 4.40. The summed E-state index contributed by atoms with van der Waals surface area (Å²) in [4.78, 5) is 1.94. The molecule has 1 rings (SSSR count). The molecular formula is C13H22N2O2. The van der Waals surface area contributed by atoms with Gasteiger partial charge in [-0.3, -0.25) is 0 Å². The fourth-order valence-electron chi connectivity index (χ4n) is 1.65. The highest BCUT2D eigenvalue weighted by atomic mass is 16.3. The van der Waals surface area contributed by atoms with E-state index in [1.165, 1.54) is 0 Å². The predicted molar refractivity (Wildman–Crippen MR) is 70.5 cm³/mol. The zero-order chi connectivity index (χ0) is 13.0. The van der Waals surface area contributed by atoms with Crippen molar-refractivity contribution in [3.05, 3.63) is 23.8 Å². The number of aliphatic hydroxyl groups excluding tert-OH is 1. The van der Waals surface area contributed by atoms with Crippen LogP contribution in [0.15, 0.2) is 18.2 Å². The van der Waals surface area contributed by atoms with Gasteiger partial charge < -0.3 is 20.4 Å². The first-order valence-corrected chi connectivity index (χ1v) is 5.85. The van der Waals surface area contributed by atoms with Gasteiger partial charge in [-0.05, 0) is 27.0 Å². The minimum atomic E-state index is 0.0296. The zero-order valence-corrected chi connectivity index (χ0v) is 10.9. The molecule has 0 saturated carbocycles. The summed E-state index contributed by atoms with van der Waals surface area (Å²) < 4.78 is 0. The molecule has 2 atom stereocenters. The second kappa shape index (κ2) is 5.89. The maximum Gasteiger partial charge on any atom is 0.122 e. The Bertz CT molecular complexity index is 368. The molecule has 0 fully saturated rings. The lowest BCUT2D eigenvalue weighted by atomic mass is 10.1. The van der Waals surface area contributed by atoms with Gasteiger partial charge in [-0.1, -0.05) is 6.07 Å². The second-order valence-electron chi connectivity index (χ2n) is 4.40. The normalized spacial score (nSPS) is 14.4. The van der Waals surface area contributed by atoms with Gasteiger partial charge in [-0.25, -0.2) is 0 Å². The third-order valence-corrected chi connectivity index (χ3v) is 3.25. The molecule has 4 nitrogen and oxygen atoms in total. The van der Waals surface area contributed by atoms with E-state index in [2.05, 4.69) is 5.32 Å². The van der Waals surface area contributed by atoms with Crippen molar-refractivity contribution >= 4 is 5.69 Å². The quantitative estimate of drug-likeness (QED) is 0.727. The molecule has 2 unspecified atom stereocenters. The van der Waals surface area contributed by atoms with E-state index in [1.54, 1.807) is 6.07 Å². The molecule has 4 heteroatoms. The minimum Gasteiger partial charge on any atom is -0.508 e. The van der Waals surface area contributed by atoms with Crippen molar-refractivity contribution in [1.29, 1.82) is 0 Å². The van der Waals surface area contributed by atoms with Crippen LogP contribution in [0.4, 0.5) is 5.69 Å². The van der Waals surface area contributed by atoms with Gasteiger partial charge in [-0.2, -0.15) is 0 Å². The molecule has 0 amide bonds. The first-order valence-electron chi connectivity index (χ1n) is 5.85. The fraction of sp³-hybridized carbons (Fsp3) is 0.538. The topological polar surface area (TPSA) is 55.7 Å². The molecule has 0 heterocycles. The molecular weight excluding hydrogens is 216 g/mol. The molecule has 0 saturated heterocycles. The standard InChI is InChI=1S/C13H22N2O2/c1-9(8-16)15(4)11-5-6-12(10(2)14-3)13(17)7-11/h5-7,9-10,14,16-17H,8H2,1-4H3. The molecule has 0 aliphatic carbocycles. The molecule has 1 aromatic carbocycles. The van der Waals surface area contributed by atoms with Crippen molar-refractivity contribution in [2.24, 2.45) is 0 Å². The average Bonchev–Trinajstić information content (AvgIpc) is 2.35. The summed E-state index contributed by atoms with van der Waals surface area (Å²) in [6, 6.07) is 5.74. The van der Waals surface area contributed by atoms with Gasteiger partial charge in [0.05, 0.1) is 6.61 Å². The lowest BCUT2D eigenvalue weighted by molar-refractivity contribution is 0.270. The maximum absolute atomic E-state index is 9.97. The zero-order valence-electron chi connectivity index (χ0n) is 10.9. The summed E-state index contributed by atoms with van der Waals surface area (Å²) in [5, 5.41) is 22.2. The molecule has 0 aromatic heterocycles. The van der Waals surface area contributed by atoms with Crippen LogP contribution >= 0.6 is 0 Å². The summed E-state index contributed by atoms with van der Waals surface area (Å²) >= 11 is 0. The van der Waals surface area contributed by atoms with Crippen molar-refractivity contribution in [2.45, 2.75) is 25.9 Å². The van der Waals surface area contributed by atoms with Crippen LogP contribution in [0.25, 0.3) is 0 Å². The van der Waals surface area contributed by atoms with Crippen molar-refractivity contribution < 1.29 is 10.2 Å². The highest BCUT2D eigenvalue weighted by Gasteiger charge is 2.13. The molecule has 17 heavy (non-hydrogen) atoms. The summed E-state index contributed by atoms with van der Waals surface area (Å²) in [5.74, 6) is 0.279. The van der Waals surface area contributed by atoms with E-state index in [-0.39, 0.29) is 24.4 Å². The Labute approximate surface area is 103 Å². The molecule has 1 aromatic rings. The number of hydrogen-bond donors (Lipinski definition) is 3. The highest BCUT2D eigenvalue weighted by molar-refractivity contribution is 5.54. The number of aromatic hydroxyl groups is 1. The van der Waals surface area contributed by atoms with Crippen molar-refractivity contribution in [3.63, 3.8) is 0 Å². The van der Waals surface area contributed by atoms with Crippen LogP contribution < -0.4 is 10.2 Å². The van der Waals surface area contributed by atoms with Crippen LogP contribution in [0.2, 0.25) is 0 Å². The predicted octanol–water partition coefficient (Wildman–Crippen LogP) is 1.49. The Balaban J connectivity index is 2.96. The third-order valence-electron chi connectivity index (χ3n) is 3.25. The lowest BCUT2D eigenvalue weighted by Gasteiger charge is -2.26. The van der Waals surface area contributed by atoms with Crippen LogP contribution in [-0.2, 0) is 0 Å². The van der Waals surface area contributed by atoms with Crippen molar-refractivity contribution in [3.8, 4) is 5.75 Å². The van der Waals surface area contributed by atoms with E-state index in [0.717, 1.165) is 11.3 Å². The highest BCUT2D eigenvalue weighted by Crippen LogP contribution is 2.29. The van der Waals surface area contributed by atoms with Crippen LogP contribution in [0, 0.1) is 0 Å². The Morgan fingerprint density at radius 1 is 1.35 bits per heavy atom. The number of likely N-dealkylation sites (N-methyl/N-ethyl adjacent to an activating group) is 1. The molecule has 0 aliphatic rings. The number of phenols is 1. The summed E-state index contributed by atoms with van der Waals surface area (Å²) in [6.07, 6.45) is 0. The first kappa shape index (κ1) is 13.8. The molecule has 0 bridgehead atoms. The molecule has 96 valence electrons. The molecule has 3 N–H and O–H groups in total. The Morgan fingerprint density at radius 3 is 2.47 bits per heavy atom. The number of nitrogens with one attached hydrogen (secondary N) is 1. The van der Waals surface area contributed by atoms with Gasteiger partial charge in [-0.15, -0.1) is 0 Å². The van der Waals surface area contributed by atoms with Crippen LogP contribution in [-0.4, -0.2) is 37.0 Å². The van der Waals surface area contributed by atoms with E-state index in [0.29, 0.717) is 0 Å². The smallest absolute Gasteiger partial charge is 0.122 e. The fourth-order valence-corrected chi connectivity index (χ4v) is 1.65. The Morgan fingerprint density at radius 2 is 2.00 bits per heavy atom. The van der Waals surface area contributed by atoms with Crippen LogP contribution in [0.5, 0.6) is 5.75 Å². The van der Waals surface area contributed by atoms with Gasteiger partial charge in [0.1, 0.15) is 5.75 Å². The van der Waals surface area contributed by atoms with E-state index in [1.807, 2.05) is 45.0 Å². The molecule has 0 spiro atoms. The van der Waals surface area contributed by atoms with E-state index >= 15 is 0 Å². The van der Waals surface area contributed by atoms with Gasteiger partial charge in [0, 0.05) is 36.4 Å². The van der Waals surface area contributed by atoms with Gasteiger partial charge in [0.25, 0.3) is 0 Å². The first-order chi connectivity index (χ1) is 8.01. The van der Waals surface area contributed by atoms with Gasteiger partial charge >= 0.3 is 0 Å². The summed E-state index contributed by atoms with van der Waals surface area (Å²) in [6.45, 7) is 4.02. The number of benzene rings is 1. The van der Waals surface area contributed by atoms with Gasteiger partial charge in [0.15, 0.2) is 0 Å².